The maximum Gasteiger partial charge on any atom is 0.263 e. The van der Waals surface area contributed by atoms with Crippen LogP contribution in [0.5, 0.6) is 0 Å². The Bertz CT molecular complexity index is 789. The van der Waals surface area contributed by atoms with Crippen LogP contribution in [0.2, 0.25) is 0 Å². The van der Waals surface area contributed by atoms with Crippen molar-refractivity contribution in [3.05, 3.63) is 29.8 Å². The van der Waals surface area contributed by atoms with Gasteiger partial charge in [0, 0.05) is 31.1 Å². The van der Waals surface area contributed by atoms with E-state index in [9.17, 15) is 13.2 Å². The number of carbonyl (C=O) groups excluding carboxylic acids is 1. The summed E-state index contributed by atoms with van der Waals surface area (Å²) < 4.78 is 26.5. The molecule has 2 heterocycles. The summed E-state index contributed by atoms with van der Waals surface area (Å²) in [6, 6.07) is 7.25. The van der Waals surface area contributed by atoms with Crippen LogP contribution in [0.4, 0.5) is 0 Å². The third-order valence-corrected chi connectivity index (χ3v) is 6.50. The number of likely N-dealkylation sites (tertiary alicyclic amines) is 1. The predicted octanol–water partition coefficient (Wildman–Crippen LogP) is 2.69. The molecule has 3 rings (SSSR count). The summed E-state index contributed by atoms with van der Waals surface area (Å²) in [5, 5.41) is 0. The fourth-order valence-corrected chi connectivity index (χ4v) is 4.87. The average Bonchev–Trinajstić information content (AvgIpc) is 2.89. The standard InChI is InChI=1S/C19H27N3O3S/c1-15-9-6-8-14-22(15)18(23)12-3-2-7-13-20-19-16-10-4-5-11-17(16)26(24,25)21-19/h4-5,10-11,15H,2-3,6-9,12-14H2,1H3,(H,20,21). The van der Waals surface area contributed by atoms with E-state index in [1.54, 1.807) is 18.2 Å². The minimum absolute atomic E-state index is 0.265. The fraction of sp³-hybridized carbons (Fsp3) is 0.579. The Kier molecular flexibility index (Phi) is 5.96. The number of carbonyl (C=O) groups is 1. The molecule has 1 aromatic carbocycles. The number of piperidine rings is 1. The monoisotopic (exact) mass is 377 g/mol. The summed E-state index contributed by atoms with van der Waals surface area (Å²) >= 11 is 0. The van der Waals surface area contributed by atoms with Crippen molar-refractivity contribution in [2.75, 3.05) is 13.1 Å². The number of sulfonamides is 1. The van der Waals surface area contributed by atoms with Crippen LogP contribution < -0.4 is 4.72 Å². The first-order valence-corrected chi connectivity index (χ1v) is 10.9. The predicted molar refractivity (Wildman–Crippen MR) is 102 cm³/mol. The summed E-state index contributed by atoms with van der Waals surface area (Å²) in [5.74, 6) is 0.694. The molecule has 142 valence electrons. The van der Waals surface area contributed by atoms with Crippen LogP contribution in [-0.2, 0) is 14.8 Å². The molecule has 1 aromatic rings. The van der Waals surface area contributed by atoms with Crippen molar-refractivity contribution < 1.29 is 13.2 Å². The third kappa shape index (κ3) is 4.26. The maximum absolute atomic E-state index is 12.3. The molecule has 2 aliphatic heterocycles. The fourth-order valence-electron chi connectivity index (χ4n) is 3.62. The lowest BCUT2D eigenvalue weighted by Crippen LogP contribution is -2.41. The summed E-state index contributed by atoms with van der Waals surface area (Å²) in [5.41, 5.74) is 0.641. The van der Waals surface area contributed by atoms with Gasteiger partial charge in [0.1, 0.15) is 5.84 Å². The Morgan fingerprint density at radius 1 is 1.23 bits per heavy atom. The number of amidine groups is 1. The van der Waals surface area contributed by atoms with Crippen LogP contribution >= 0.6 is 0 Å². The largest absolute Gasteiger partial charge is 0.340 e. The molecule has 2 aliphatic rings. The van der Waals surface area contributed by atoms with E-state index in [1.165, 1.54) is 6.42 Å². The zero-order chi connectivity index (χ0) is 18.6. The van der Waals surface area contributed by atoms with E-state index < -0.39 is 10.0 Å². The molecular weight excluding hydrogens is 350 g/mol. The molecule has 0 bridgehead atoms. The molecular formula is C19H27N3O3S. The van der Waals surface area contributed by atoms with Gasteiger partial charge in [-0.05, 0) is 51.2 Å². The number of rotatable bonds is 6. The molecule has 1 atom stereocenters. The van der Waals surface area contributed by atoms with Crippen LogP contribution in [0, 0.1) is 0 Å². The highest BCUT2D eigenvalue weighted by Crippen LogP contribution is 2.22. The molecule has 1 saturated heterocycles. The van der Waals surface area contributed by atoms with Crippen LogP contribution in [-0.4, -0.2) is 44.2 Å². The van der Waals surface area contributed by atoms with Crippen LogP contribution in [0.25, 0.3) is 0 Å². The first-order chi connectivity index (χ1) is 12.5. The second-order valence-electron chi connectivity index (χ2n) is 7.07. The maximum atomic E-state index is 12.3. The number of hydrogen-bond acceptors (Lipinski definition) is 4. The lowest BCUT2D eigenvalue weighted by molar-refractivity contribution is -0.134. The molecule has 0 aromatic heterocycles. The lowest BCUT2D eigenvalue weighted by Gasteiger charge is -2.33. The summed E-state index contributed by atoms with van der Waals surface area (Å²) in [6.45, 7) is 3.58. The van der Waals surface area contributed by atoms with E-state index in [4.69, 9.17) is 0 Å². The van der Waals surface area contributed by atoms with Gasteiger partial charge in [-0.25, -0.2) is 8.42 Å². The van der Waals surface area contributed by atoms with Crippen molar-refractivity contribution in [3.8, 4) is 0 Å². The normalized spacial score (nSPS) is 22.9. The van der Waals surface area contributed by atoms with Gasteiger partial charge in [-0.1, -0.05) is 18.6 Å². The zero-order valence-corrected chi connectivity index (χ0v) is 16.1. The van der Waals surface area contributed by atoms with E-state index >= 15 is 0 Å². The van der Waals surface area contributed by atoms with E-state index in [-0.39, 0.29) is 5.91 Å². The first-order valence-electron chi connectivity index (χ1n) is 9.45. The van der Waals surface area contributed by atoms with Gasteiger partial charge in [0.15, 0.2) is 0 Å². The quantitative estimate of drug-likeness (QED) is 0.774. The molecule has 1 N–H and O–H groups in total. The average molecular weight is 378 g/mol. The number of aliphatic imine (C=N–C) groups is 1. The van der Waals surface area contributed by atoms with Crippen LogP contribution in [0.15, 0.2) is 34.2 Å². The minimum Gasteiger partial charge on any atom is -0.340 e. The Morgan fingerprint density at radius 3 is 2.85 bits per heavy atom. The second-order valence-corrected chi connectivity index (χ2v) is 8.73. The number of hydrogen-bond donors (Lipinski definition) is 1. The van der Waals surface area contributed by atoms with Crippen molar-refractivity contribution in [2.24, 2.45) is 4.99 Å². The van der Waals surface area contributed by atoms with E-state index in [1.807, 2.05) is 11.0 Å². The van der Waals surface area contributed by atoms with Crippen molar-refractivity contribution in [2.45, 2.75) is 62.8 Å². The van der Waals surface area contributed by atoms with Gasteiger partial charge < -0.3 is 4.90 Å². The molecule has 1 unspecified atom stereocenters. The number of amides is 1. The number of benzene rings is 1. The van der Waals surface area contributed by atoms with E-state index in [2.05, 4.69) is 16.6 Å². The smallest absolute Gasteiger partial charge is 0.263 e. The summed E-state index contributed by atoms with van der Waals surface area (Å²) in [6.07, 6.45) is 6.66. The molecule has 0 radical (unpaired) electrons. The Balaban J connectivity index is 1.42. The lowest BCUT2D eigenvalue weighted by atomic mass is 10.0. The molecule has 0 aliphatic carbocycles. The van der Waals surface area contributed by atoms with Gasteiger partial charge in [-0.15, -0.1) is 0 Å². The van der Waals surface area contributed by atoms with Crippen molar-refractivity contribution in [1.29, 1.82) is 0 Å². The van der Waals surface area contributed by atoms with Crippen LogP contribution in [0.3, 0.4) is 0 Å². The Hall–Kier alpha value is -1.89. The van der Waals surface area contributed by atoms with Crippen molar-refractivity contribution >= 4 is 21.8 Å². The Morgan fingerprint density at radius 2 is 2.04 bits per heavy atom. The molecule has 1 fully saturated rings. The molecule has 26 heavy (non-hydrogen) atoms. The van der Waals surface area contributed by atoms with Gasteiger partial charge in [-0.2, -0.15) is 0 Å². The first kappa shape index (κ1) is 18.9. The second kappa shape index (κ2) is 8.20. The Labute approximate surface area is 155 Å². The van der Waals surface area contributed by atoms with Crippen molar-refractivity contribution in [3.63, 3.8) is 0 Å². The SMILES string of the molecule is CC1CCCCN1C(=O)CCCCCN=C1NS(=O)(=O)c2ccccc21. The van der Waals surface area contributed by atoms with Crippen molar-refractivity contribution in [1.82, 2.24) is 9.62 Å². The van der Waals surface area contributed by atoms with Gasteiger partial charge >= 0.3 is 0 Å². The van der Waals surface area contributed by atoms with Gasteiger partial charge in [0.25, 0.3) is 10.0 Å². The highest BCUT2D eigenvalue weighted by Gasteiger charge is 2.29. The number of nitrogens with one attached hydrogen (secondary N) is 1. The number of unbranched alkanes of at least 4 members (excludes halogenated alkanes) is 2. The van der Waals surface area contributed by atoms with Gasteiger partial charge in [0.05, 0.1) is 4.90 Å². The molecule has 6 nitrogen and oxygen atoms in total. The highest BCUT2D eigenvalue weighted by molar-refractivity contribution is 7.90. The van der Waals surface area contributed by atoms with Gasteiger partial charge in [-0.3, -0.25) is 14.5 Å². The van der Waals surface area contributed by atoms with Crippen LogP contribution in [0.1, 0.15) is 57.4 Å². The molecule has 7 heteroatoms. The van der Waals surface area contributed by atoms with E-state index in [0.29, 0.717) is 35.3 Å². The van der Waals surface area contributed by atoms with E-state index in [0.717, 1.165) is 38.6 Å². The molecule has 0 saturated carbocycles. The summed E-state index contributed by atoms with van der Waals surface area (Å²) in [4.78, 5) is 19.0. The van der Waals surface area contributed by atoms with Gasteiger partial charge in [0.2, 0.25) is 5.91 Å². The highest BCUT2D eigenvalue weighted by atomic mass is 32.2. The minimum atomic E-state index is -3.46. The topological polar surface area (TPSA) is 78.8 Å². The molecule has 0 spiro atoms. The molecule has 1 amide bonds. The summed E-state index contributed by atoms with van der Waals surface area (Å²) in [7, 11) is -3.46. The number of fused-ring (bicyclic) bond motifs is 1. The number of nitrogens with zero attached hydrogens (tertiary/aromatic N) is 2. The third-order valence-electron chi connectivity index (χ3n) is 5.10. The zero-order valence-electron chi connectivity index (χ0n) is 15.3.